The molecule has 2 N–H and O–H groups in total. The van der Waals surface area contributed by atoms with E-state index >= 15 is 4.39 Å². The number of rotatable bonds is 9. The number of morpholine rings is 1. The van der Waals surface area contributed by atoms with E-state index in [1.54, 1.807) is 18.2 Å². The zero-order valence-electron chi connectivity index (χ0n) is 21.9. The molecule has 1 aliphatic carbocycles. The smallest absolute Gasteiger partial charge is 0.261 e. The van der Waals surface area contributed by atoms with Gasteiger partial charge in [0.15, 0.2) is 0 Å². The number of ether oxygens (including phenoxy) is 1. The van der Waals surface area contributed by atoms with Crippen molar-refractivity contribution in [2.75, 3.05) is 43.1 Å². The van der Waals surface area contributed by atoms with Crippen LogP contribution in [0.1, 0.15) is 49.7 Å². The van der Waals surface area contributed by atoms with E-state index < -0.39 is 11.9 Å². The third-order valence-electron chi connectivity index (χ3n) is 6.65. The zero-order chi connectivity index (χ0) is 27.4. The monoisotopic (exact) mass is 564 g/mol. The van der Waals surface area contributed by atoms with Gasteiger partial charge in [0.05, 0.1) is 21.5 Å². The molecule has 206 valence electrons. The van der Waals surface area contributed by atoms with Crippen LogP contribution < -0.4 is 15.5 Å². The number of thiophene rings is 1. The first-order valence-electron chi connectivity index (χ1n) is 12.8. The summed E-state index contributed by atoms with van der Waals surface area (Å²) in [5, 5.41) is 5.74. The maximum Gasteiger partial charge on any atom is 0.261 e. The van der Waals surface area contributed by atoms with Gasteiger partial charge in [0.2, 0.25) is 5.91 Å². The molecule has 1 aromatic carbocycles. The molecule has 2 heterocycles. The molecule has 1 saturated carbocycles. The summed E-state index contributed by atoms with van der Waals surface area (Å²) in [6.45, 7) is 7.59. The SMILES string of the molecule is CC(C)(C)CN(C1CCC1)[C@@H](CNC(=O)c1ccc(Cl)s1)C(=O)Nc1ccc(N2CCOCC2=O)c(F)c1. The maximum atomic E-state index is 15.0. The fourth-order valence-corrected chi connectivity index (χ4v) is 5.59. The number of anilines is 2. The standard InChI is InChI=1S/C27H34ClFN4O4S/c1-27(2,3)16-33(18-5-4-6-18)21(14-30-26(36)22-9-10-23(28)38-22)25(35)31-17-7-8-20(19(29)13-17)32-11-12-37-15-24(32)34/h7-10,13,18,21H,4-6,11-12,14-16H2,1-3H3,(H,30,36)(H,31,35)/t21-/m0/s1. The van der Waals surface area contributed by atoms with Crippen molar-refractivity contribution in [2.24, 2.45) is 5.41 Å². The number of halogens is 2. The van der Waals surface area contributed by atoms with E-state index in [1.165, 1.54) is 28.4 Å². The Morgan fingerprint density at radius 1 is 1.26 bits per heavy atom. The fourth-order valence-electron chi connectivity index (χ4n) is 4.64. The van der Waals surface area contributed by atoms with Crippen LogP contribution in [0.5, 0.6) is 0 Å². The van der Waals surface area contributed by atoms with Gasteiger partial charge in [-0.05, 0) is 48.6 Å². The number of amides is 3. The average molecular weight is 565 g/mol. The average Bonchev–Trinajstić information content (AvgIpc) is 3.24. The minimum Gasteiger partial charge on any atom is -0.370 e. The molecule has 8 nitrogen and oxygen atoms in total. The van der Waals surface area contributed by atoms with Gasteiger partial charge >= 0.3 is 0 Å². The van der Waals surface area contributed by atoms with Crippen LogP contribution in [0.2, 0.25) is 4.34 Å². The van der Waals surface area contributed by atoms with Gasteiger partial charge in [-0.2, -0.15) is 0 Å². The Labute approximate surface area is 231 Å². The molecule has 1 atom stereocenters. The van der Waals surface area contributed by atoms with Crippen LogP contribution in [0.3, 0.4) is 0 Å². The second-order valence-corrected chi connectivity index (χ2v) is 12.6. The molecule has 0 radical (unpaired) electrons. The predicted molar refractivity (Wildman–Crippen MR) is 147 cm³/mol. The molecule has 0 unspecified atom stereocenters. The third-order valence-corrected chi connectivity index (χ3v) is 7.88. The number of hydrogen-bond donors (Lipinski definition) is 2. The van der Waals surface area contributed by atoms with Crippen LogP contribution in [-0.2, 0) is 14.3 Å². The maximum absolute atomic E-state index is 15.0. The highest BCUT2D eigenvalue weighted by Gasteiger charge is 2.37. The van der Waals surface area contributed by atoms with Crippen molar-refractivity contribution in [3.05, 3.63) is 45.4 Å². The molecular formula is C27H34ClFN4O4S. The van der Waals surface area contributed by atoms with Gasteiger partial charge in [0, 0.05) is 31.4 Å². The highest BCUT2D eigenvalue weighted by molar-refractivity contribution is 7.18. The lowest BCUT2D eigenvalue weighted by Crippen LogP contribution is -2.58. The minimum absolute atomic E-state index is 0.0855. The molecule has 2 aliphatic rings. The molecule has 2 aromatic rings. The van der Waals surface area contributed by atoms with Crippen LogP contribution in [0.25, 0.3) is 0 Å². The number of nitrogens with zero attached hydrogens (tertiary/aromatic N) is 2. The number of hydrogen-bond acceptors (Lipinski definition) is 6. The highest BCUT2D eigenvalue weighted by Crippen LogP contribution is 2.31. The Kier molecular flexibility index (Phi) is 9.07. The Balaban J connectivity index is 1.53. The van der Waals surface area contributed by atoms with E-state index in [1.807, 2.05) is 0 Å². The van der Waals surface area contributed by atoms with Crippen molar-refractivity contribution in [3.63, 3.8) is 0 Å². The van der Waals surface area contributed by atoms with Gasteiger partial charge < -0.3 is 20.3 Å². The van der Waals surface area contributed by atoms with Crippen LogP contribution in [0.15, 0.2) is 30.3 Å². The molecule has 3 amide bonds. The molecule has 1 aliphatic heterocycles. The Bertz CT molecular complexity index is 1180. The van der Waals surface area contributed by atoms with Crippen LogP contribution in [0, 0.1) is 11.2 Å². The van der Waals surface area contributed by atoms with Crippen molar-refractivity contribution in [1.29, 1.82) is 0 Å². The van der Waals surface area contributed by atoms with Gasteiger partial charge in [-0.15, -0.1) is 11.3 Å². The van der Waals surface area contributed by atoms with Gasteiger partial charge in [0.1, 0.15) is 18.5 Å². The first-order chi connectivity index (χ1) is 18.0. The van der Waals surface area contributed by atoms with Crippen LogP contribution in [-0.4, -0.2) is 67.6 Å². The van der Waals surface area contributed by atoms with Crippen molar-refractivity contribution >= 4 is 52.0 Å². The quantitative estimate of drug-likeness (QED) is 0.467. The van der Waals surface area contributed by atoms with E-state index in [-0.39, 0.29) is 60.2 Å². The Morgan fingerprint density at radius 3 is 2.61 bits per heavy atom. The molecule has 4 rings (SSSR count). The Hall–Kier alpha value is -2.53. The summed E-state index contributed by atoms with van der Waals surface area (Å²) >= 11 is 7.16. The summed E-state index contributed by atoms with van der Waals surface area (Å²) in [4.78, 5) is 42.5. The number of carbonyl (C=O) groups excluding carboxylic acids is 3. The molecule has 38 heavy (non-hydrogen) atoms. The zero-order valence-corrected chi connectivity index (χ0v) is 23.5. The van der Waals surface area contributed by atoms with Crippen molar-refractivity contribution < 1.29 is 23.5 Å². The number of benzene rings is 1. The second-order valence-electron chi connectivity index (χ2n) is 10.9. The molecule has 0 spiro atoms. The summed E-state index contributed by atoms with van der Waals surface area (Å²) in [6, 6.07) is 7.17. The number of nitrogens with one attached hydrogen (secondary N) is 2. The molecule has 0 bridgehead atoms. The molecule has 1 saturated heterocycles. The van der Waals surface area contributed by atoms with Crippen molar-refractivity contribution in [1.82, 2.24) is 10.2 Å². The summed E-state index contributed by atoms with van der Waals surface area (Å²) < 4.78 is 20.6. The highest BCUT2D eigenvalue weighted by atomic mass is 35.5. The normalized spacial score (nSPS) is 17.3. The second kappa shape index (κ2) is 12.1. The van der Waals surface area contributed by atoms with E-state index in [9.17, 15) is 14.4 Å². The summed E-state index contributed by atoms with van der Waals surface area (Å²) in [7, 11) is 0. The van der Waals surface area contributed by atoms with Gasteiger partial charge in [-0.25, -0.2) is 4.39 Å². The number of carbonyl (C=O) groups is 3. The topological polar surface area (TPSA) is 91.0 Å². The lowest BCUT2D eigenvalue weighted by Gasteiger charge is -2.44. The molecular weight excluding hydrogens is 531 g/mol. The van der Waals surface area contributed by atoms with E-state index in [2.05, 4.69) is 36.3 Å². The van der Waals surface area contributed by atoms with Crippen molar-refractivity contribution in [3.8, 4) is 0 Å². The third kappa shape index (κ3) is 7.11. The van der Waals surface area contributed by atoms with Gasteiger partial charge in [0.25, 0.3) is 11.8 Å². The summed E-state index contributed by atoms with van der Waals surface area (Å²) in [6.07, 6.45) is 3.04. The molecule has 11 heteroatoms. The molecule has 2 fully saturated rings. The van der Waals surface area contributed by atoms with E-state index in [4.69, 9.17) is 16.3 Å². The largest absolute Gasteiger partial charge is 0.370 e. The van der Waals surface area contributed by atoms with Crippen LogP contribution in [0.4, 0.5) is 15.8 Å². The van der Waals surface area contributed by atoms with Gasteiger partial charge in [-0.1, -0.05) is 38.8 Å². The lowest BCUT2D eigenvalue weighted by molar-refractivity contribution is -0.126. The fraction of sp³-hybridized carbons (Fsp3) is 0.519. The lowest BCUT2D eigenvalue weighted by atomic mass is 9.86. The van der Waals surface area contributed by atoms with E-state index in [0.717, 1.165) is 19.3 Å². The first-order valence-corrected chi connectivity index (χ1v) is 14.0. The Morgan fingerprint density at radius 2 is 2.03 bits per heavy atom. The van der Waals surface area contributed by atoms with Crippen LogP contribution >= 0.6 is 22.9 Å². The van der Waals surface area contributed by atoms with Crippen molar-refractivity contribution in [2.45, 2.75) is 52.1 Å². The molecule has 1 aromatic heterocycles. The summed E-state index contributed by atoms with van der Waals surface area (Å²) in [5.41, 5.74) is 0.346. The van der Waals surface area contributed by atoms with Gasteiger partial charge in [-0.3, -0.25) is 19.3 Å². The summed E-state index contributed by atoms with van der Waals surface area (Å²) in [5.74, 6) is -1.55. The predicted octanol–water partition coefficient (Wildman–Crippen LogP) is 4.54. The minimum atomic E-state index is -0.664. The first kappa shape index (κ1) is 28.5. The van der Waals surface area contributed by atoms with E-state index in [0.29, 0.717) is 22.4 Å².